The van der Waals surface area contributed by atoms with Gasteiger partial charge in [-0.05, 0) is 128 Å². The molecule has 0 aliphatic carbocycles. The summed E-state index contributed by atoms with van der Waals surface area (Å²) in [6.07, 6.45) is 85.0. The van der Waals surface area contributed by atoms with Crippen LogP contribution >= 0.6 is 0 Å². The minimum absolute atomic E-state index is 0.0936. The molecule has 0 aliphatic heterocycles. The lowest BCUT2D eigenvalue weighted by Crippen LogP contribution is -2.30. The topological polar surface area (TPSA) is 78.9 Å². The van der Waals surface area contributed by atoms with E-state index in [9.17, 15) is 14.4 Å². The van der Waals surface area contributed by atoms with E-state index in [2.05, 4.69) is 130 Å². The summed E-state index contributed by atoms with van der Waals surface area (Å²) < 4.78 is 16.9. The molecule has 6 nitrogen and oxygen atoms in total. The fourth-order valence-electron chi connectivity index (χ4n) is 8.53. The van der Waals surface area contributed by atoms with E-state index in [0.717, 1.165) is 128 Å². The molecule has 0 aromatic heterocycles. The van der Waals surface area contributed by atoms with Gasteiger partial charge in [-0.1, -0.05) is 252 Å². The second kappa shape index (κ2) is 62.6. The zero-order chi connectivity index (χ0) is 54.3. The summed E-state index contributed by atoms with van der Waals surface area (Å²) >= 11 is 0. The lowest BCUT2D eigenvalue weighted by atomic mass is 10.1. The number of hydrogen-bond acceptors (Lipinski definition) is 6. The third kappa shape index (κ3) is 60.8. The number of hydrogen-bond donors (Lipinski definition) is 0. The number of allylic oxidation sites excluding steroid dienone is 18. The van der Waals surface area contributed by atoms with Crippen LogP contribution in [-0.4, -0.2) is 37.2 Å². The molecular formula is C69H116O6. The molecule has 0 N–H and O–H groups in total. The summed E-state index contributed by atoms with van der Waals surface area (Å²) in [6, 6.07) is 0. The molecule has 1 unspecified atom stereocenters. The van der Waals surface area contributed by atoms with Crippen molar-refractivity contribution in [3.8, 4) is 0 Å². The molecule has 0 saturated heterocycles. The van der Waals surface area contributed by atoms with Crippen LogP contribution in [0.3, 0.4) is 0 Å². The summed E-state index contributed by atoms with van der Waals surface area (Å²) in [7, 11) is 0. The smallest absolute Gasteiger partial charge is 0.306 e. The highest BCUT2D eigenvalue weighted by Crippen LogP contribution is 2.15. The third-order valence-corrected chi connectivity index (χ3v) is 13.2. The zero-order valence-electron chi connectivity index (χ0n) is 49.0. The largest absolute Gasteiger partial charge is 0.462 e. The predicted octanol–water partition coefficient (Wildman–Crippen LogP) is 21.4. The Hall–Kier alpha value is -3.93. The number of carbonyl (C=O) groups excluding carboxylic acids is 3. The third-order valence-electron chi connectivity index (χ3n) is 13.2. The van der Waals surface area contributed by atoms with Crippen LogP contribution in [0, 0.1) is 0 Å². The van der Waals surface area contributed by atoms with E-state index >= 15 is 0 Å². The fourth-order valence-corrected chi connectivity index (χ4v) is 8.53. The van der Waals surface area contributed by atoms with Gasteiger partial charge in [0, 0.05) is 19.3 Å². The SMILES string of the molecule is CC/C=C\C/C=C\C/C=C\C/C=C\CCCCCCCCC(=O)OC(COC(=O)CCCCCCCC/C=C\C/C=C\C/C=C\CCCCCCC)COC(=O)CCCCCCCCC/C=C\C/C=C\CCCCC. The van der Waals surface area contributed by atoms with Crippen LogP contribution in [0.15, 0.2) is 109 Å². The molecule has 0 radical (unpaired) electrons. The molecule has 0 amide bonds. The molecule has 428 valence electrons. The average molecular weight is 1040 g/mol. The summed E-state index contributed by atoms with van der Waals surface area (Å²) in [5.74, 6) is -0.922. The van der Waals surface area contributed by atoms with Crippen molar-refractivity contribution < 1.29 is 28.6 Å². The van der Waals surface area contributed by atoms with Gasteiger partial charge in [-0.3, -0.25) is 14.4 Å². The fraction of sp³-hybridized carbons (Fsp3) is 0.696. The number of unbranched alkanes of at least 4 members (excludes halogenated alkanes) is 27. The van der Waals surface area contributed by atoms with Gasteiger partial charge in [-0.15, -0.1) is 0 Å². The second-order valence-corrected chi connectivity index (χ2v) is 20.6. The maximum Gasteiger partial charge on any atom is 0.306 e. The van der Waals surface area contributed by atoms with Gasteiger partial charge in [-0.25, -0.2) is 0 Å². The van der Waals surface area contributed by atoms with Crippen LogP contribution in [-0.2, 0) is 28.6 Å². The molecule has 0 aliphatic rings. The number of ether oxygens (including phenoxy) is 3. The minimum atomic E-state index is -0.799. The summed E-state index contributed by atoms with van der Waals surface area (Å²) in [5.41, 5.74) is 0. The van der Waals surface area contributed by atoms with Gasteiger partial charge in [0.1, 0.15) is 13.2 Å². The first-order chi connectivity index (χ1) is 37.0. The first kappa shape index (κ1) is 71.1. The molecule has 0 aromatic rings. The molecular weight excluding hydrogens is 925 g/mol. The molecule has 0 aromatic carbocycles. The summed E-state index contributed by atoms with van der Waals surface area (Å²) in [6.45, 7) is 6.48. The van der Waals surface area contributed by atoms with Crippen molar-refractivity contribution in [1.29, 1.82) is 0 Å². The van der Waals surface area contributed by atoms with Crippen molar-refractivity contribution in [3.05, 3.63) is 109 Å². The van der Waals surface area contributed by atoms with Gasteiger partial charge < -0.3 is 14.2 Å². The minimum Gasteiger partial charge on any atom is -0.462 e. The Morgan fingerprint density at radius 3 is 0.840 bits per heavy atom. The Labute approximate surface area is 463 Å². The highest BCUT2D eigenvalue weighted by atomic mass is 16.6. The van der Waals surface area contributed by atoms with Gasteiger partial charge in [0.15, 0.2) is 6.10 Å². The van der Waals surface area contributed by atoms with Crippen molar-refractivity contribution >= 4 is 17.9 Å². The van der Waals surface area contributed by atoms with Crippen molar-refractivity contribution in [2.45, 2.75) is 297 Å². The second-order valence-electron chi connectivity index (χ2n) is 20.6. The van der Waals surface area contributed by atoms with Crippen LogP contribution in [0.5, 0.6) is 0 Å². The predicted molar refractivity (Wildman–Crippen MR) is 325 cm³/mol. The molecule has 6 heteroatoms. The average Bonchev–Trinajstić information content (AvgIpc) is 3.41. The van der Waals surface area contributed by atoms with E-state index in [1.54, 1.807) is 0 Å². The van der Waals surface area contributed by atoms with Crippen molar-refractivity contribution in [1.82, 2.24) is 0 Å². The standard InChI is InChI=1S/C69H116O6/c1-4-7-10-13-16-19-22-25-28-31-33-34-36-38-41-44-47-50-53-56-59-62-68(71)74-65-66(64-73-67(70)61-58-55-52-49-46-43-40-37-30-27-24-21-18-15-12-9-6-3)75-69(72)63-60-57-54-51-48-45-42-39-35-32-29-26-23-20-17-14-11-8-5-2/h8,11,17-18,20-22,25-27,29-31,33,35-36,38-39,66H,4-7,9-10,12-16,19,23-24,28,32,34,37,40-65H2,1-3H3/b11-8-,20-17-,21-18-,25-22-,29-26-,30-27-,33-31-,38-36-,39-35-. The lowest BCUT2D eigenvalue weighted by Gasteiger charge is -2.18. The molecule has 0 bridgehead atoms. The van der Waals surface area contributed by atoms with Gasteiger partial charge >= 0.3 is 17.9 Å². The molecule has 1 atom stereocenters. The van der Waals surface area contributed by atoms with Crippen LogP contribution in [0.25, 0.3) is 0 Å². The Kier molecular flexibility index (Phi) is 59.3. The van der Waals surface area contributed by atoms with Crippen LogP contribution in [0.2, 0.25) is 0 Å². The molecule has 75 heavy (non-hydrogen) atoms. The van der Waals surface area contributed by atoms with Crippen molar-refractivity contribution in [2.24, 2.45) is 0 Å². The zero-order valence-corrected chi connectivity index (χ0v) is 49.0. The molecule has 0 spiro atoms. The first-order valence-electron chi connectivity index (χ1n) is 31.4. The van der Waals surface area contributed by atoms with E-state index in [1.807, 2.05) is 0 Å². The molecule has 0 heterocycles. The first-order valence-corrected chi connectivity index (χ1v) is 31.4. The summed E-state index contributed by atoms with van der Waals surface area (Å²) in [5, 5.41) is 0. The van der Waals surface area contributed by atoms with E-state index in [0.29, 0.717) is 19.3 Å². The number of carbonyl (C=O) groups is 3. The van der Waals surface area contributed by atoms with Gasteiger partial charge in [0.25, 0.3) is 0 Å². The Bertz CT molecular complexity index is 1520. The van der Waals surface area contributed by atoms with E-state index in [4.69, 9.17) is 14.2 Å². The number of esters is 3. The Morgan fingerprint density at radius 2 is 0.520 bits per heavy atom. The van der Waals surface area contributed by atoms with Gasteiger partial charge in [0.2, 0.25) is 0 Å². The lowest BCUT2D eigenvalue weighted by molar-refractivity contribution is -0.167. The molecule has 0 fully saturated rings. The maximum atomic E-state index is 12.9. The number of rotatable bonds is 56. The van der Waals surface area contributed by atoms with Crippen molar-refractivity contribution in [2.75, 3.05) is 13.2 Å². The summed E-state index contributed by atoms with van der Waals surface area (Å²) in [4.78, 5) is 38.3. The van der Waals surface area contributed by atoms with E-state index < -0.39 is 6.10 Å². The normalized spacial score (nSPS) is 12.8. The quantitative estimate of drug-likeness (QED) is 0.0261. The maximum absolute atomic E-state index is 12.9. The van der Waals surface area contributed by atoms with Crippen LogP contribution in [0.4, 0.5) is 0 Å². The van der Waals surface area contributed by atoms with Gasteiger partial charge in [0.05, 0.1) is 0 Å². The van der Waals surface area contributed by atoms with Gasteiger partial charge in [-0.2, -0.15) is 0 Å². The highest BCUT2D eigenvalue weighted by molar-refractivity contribution is 5.71. The van der Waals surface area contributed by atoms with E-state index in [-0.39, 0.29) is 31.1 Å². The van der Waals surface area contributed by atoms with Crippen molar-refractivity contribution in [3.63, 3.8) is 0 Å². The Morgan fingerprint density at radius 1 is 0.280 bits per heavy atom. The van der Waals surface area contributed by atoms with E-state index in [1.165, 1.54) is 122 Å². The van der Waals surface area contributed by atoms with Crippen LogP contribution in [0.1, 0.15) is 290 Å². The monoisotopic (exact) mass is 1040 g/mol. The molecule has 0 rings (SSSR count). The molecule has 0 saturated carbocycles. The van der Waals surface area contributed by atoms with Crippen LogP contribution < -0.4 is 0 Å². The highest BCUT2D eigenvalue weighted by Gasteiger charge is 2.19. The Balaban J connectivity index is 4.46.